The summed E-state index contributed by atoms with van der Waals surface area (Å²) >= 11 is 1.42. The van der Waals surface area contributed by atoms with E-state index in [0.717, 1.165) is 29.8 Å². The third kappa shape index (κ3) is 3.86. The summed E-state index contributed by atoms with van der Waals surface area (Å²) in [6.45, 7) is 4.06. The lowest BCUT2D eigenvalue weighted by Crippen LogP contribution is -2.12. The standard InChI is InChI=1S/C19H19N3OS/c1-3-4-14-6-9-15(10-7-14)17-12-24-19(21-17)22-18(23)16-8-5-13(2)20-11-16/h5-12H,3-4H2,1-2H3,(H,21,22,23). The number of anilines is 1. The van der Waals surface area contributed by atoms with Crippen molar-refractivity contribution in [3.05, 3.63) is 64.8 Å². The fraction of sp³-hybridized carbons (Fsp3) is 0.211. The maximum Gasteiger partial charge on any atom is 0.259 e. The average molecular weight is 337 g/mol. The topological polar surface area (TPSA) is 54.9 Å². The van der Waals surface area contributed by atoms with Crippen LogP contribution in [-0.4, -0.2) is 15.9 Å². The van der Waals surface area contributed by atoms with E-state index in [0.29, 0.717) is 10.7 Å². The quantitative estimate of drug-likeness (QED) is 0.733. The van der Waals surface area contributed by atoms with E-state index in [1.165, 1.54) is 16.9 Å². The van der Waals surface area contributed by atoms with Gasteiger partial charge in [0.2, 0.25) is 0 Å². The first-order valence-electron chi connectivity index (χ1n) is 7.94. The summed E-state index contributed by atoms with van der Waals surface area (Å²) in [6, 6.07) is 12.0. The van der Waals surface area contributed by atoms with Crippen LogP contribution in [0, 0.1) is 6.92 Å². The number of pyridine rings is 1. The maximum absolute atomic E-state index is 12.2. The lowest BCUT2D eigenvalue weighted by molar-refractivity contribution is 0.102. The molecule has 0 spiro atoms. The molecule has 0 atom stereocenters. The van der Waals surface area contributed by atoms with Crippen molar-refractivity contribution < 1.29 is 4.79 Å². The number of amides is 1. The SMILES string of the molecule is CCCc1ccc(-c2csc(NC(=O)c3ccc(C)nc3)n2)cc1. The number of nitrogens with zero attached hydrogens (tertiary/aromatic N) is 2. The highest BCUT2D eigenvalue weighted by Gasteiger charge is 2.10. The molecular formula is C19H19N3OS. The monoisotopic (exact) mass is 337 g/mol. The Hall–Kier alpha value is -2.53. The Morgan fingerprint density at radius 2 is 1.96 bits per heavy atom. The van der Waals surface area contributed by atoms with Gasteiger partial charge in [0.05, 0.1) is 11.3 Å². The minimum Gasteiger partial charge on any atom is -0.298 e. The third-order valence-corrected chi connectivity index (χ3v) is 4.44. The second-order valence-corrected chi connectivity index (χ2v) is 6.49. The van der Waals surface area contributed by atoms with Crippen molar-refractivity contribution in [3.8, 4) is 11.3 Å². The van der Waals surface area contributed by atoms with Gasteiger partial charge in [-0.15, -0.1) is 11.3 Å². The largest absolute Gasteiger partial charge is 0.298 e. The van der Waals surface area contributed by atoms with E-state index in [1.807, 2.05) is 18.4 Å². The average Bonchev–Trinajstić information content (AvgIpc) is 3.05. The summed E-state index contributed by atoms with van der Waals surface area (Å²) in [4.78, 5) is 20.8. The summed E-state index contributed by atoms with van der Waals surface area (Å²) in [7, 11) is 0. The van der Waals surface area contributed by atoms with Crippen LogP contribution in [0.4, 0.5) is 5.13 Å². The lowest BCUT2D eigenvalue weighted by atomic mass is 10.1. The van der Waals surface area contributed by atoms with E-state index < -0.39 is 0 Å². The highest BCUT2D eigenvalue weighted by Crippen LogP contribution is 2.25. The van der Waals surface area contributed by atoms with Crippen molar-refractivity contribution in [3.63, 3.8) is 0 Å². The molecule has 0 aliphatic heterocycles. The van der Waals surface area contributed by atoms with Crippen molar-refractivity contribution in [1.29, 1.82) is 0 Å². The molecule has 24 heavy (non-hydrogen) atoms. The zero-order valence-electron chi connectivity index (χ0n) is 13.7. The molecule has 5 heteroatoms. The molecule has 0 aliphatic carbocycles. The Morgan fingerprint density at radius 1 is 1.17 bits per heavy atom. The first-order chi connectivity index (χ1) is 11.7. The van der Waals surface area contributed by atoms with Crippen LogP contribution in [-0.2, 0) is 6.42 Å². The van der Waals surface area contributed by atoms with Gasteiger partial charge >= 0.3 is 0 Å². The first kappa shape index (κ1) is 16.3. The van der Waals surface area contributed by atoms with E-state index in [4.69, 9.17) is 0 Å². The van der Waals surface area contributed by atoms with Crippen molar-refractivity contribution in [1.82, 2.24) is 9.97 Å². The Labute approximate surface area is 145 Å². The Morgan fingerprint density at radius 3 is 2.62 bits per heavy atom. The van der Waals surface area contributed by atoms with Gasteiger partial charge in [-0.2, -0.15) is 0 Å². The number of nitrogens with one attached hydrogen (secondary N) is 1. The normalized spacial score (nSPS) is 10.6. The van der Waals surface area contributed by atoms with Gasteiger partial charge in [-0.25, -0.2) is 4.98 Å². The molecule has 2 aromatic heterocycles. The molecule has 4 nitrogen and oxygen atoms in total. The number of hydrogen-bond acceptors (Lipinski definition) is 4. The van der Waals surface area contributed by atoms with Gasteiger partial charge in [-0.3, -0.25) is 15.1 Å². The number of rotatable bonds is 5. The summed E-state index contributed by atoms with van der Waals surface area (Å²) in [5, 5.41) is 5.38. The Bertz CT molecular complexity index is 823. The predicted octanol–water partition coefficient (Wildman–Crippen LogP) is 4.72. The number of hydrogen-bond donors (Lipinski definition) is 1. The smallest absolute Gasteiger partial charge is 0.259 e. The number of thiazole rings is 1. The number of aromatic nitrogens is 2. The van der Waals surface area contributed by atoms with Gasteiger partial charge in [-0.1, -0.05) is 37.6 Å². The number of benzene rings is 1. The summed E-state index contributed by atoms with van der Waals surface area (Å²) in [5.41, 5.74) is 4.68. The van der Waals surface area contributed by atoms with Crippen LogP contribution < -0.4 is 5.32 Å². The molecule has 0 bridgehead atoms. The van der Waals surface area contributed by atoms with Gasteiger partial charge in [0.15, 0.2) is 5.13 Å². The third-order valence-electron chi connectivity index (χ3n) is 3.69. The molecular weight excluding hydrogens is 318 g/mol. The van der Waals surface area contributed by atoms with Crippen LogP contribution >= 0.6 is 11.3 Å². The minimum atomic E-state index is -0.193. The molecule has 3 aromatic rings. The van der Waals surface area contributed by atoms with Crippen molar-refractivity contribution >= 4 is 22.4 Å². The molecule has 1 amide bonds. The molecule has 1 aromatic carbocycles. The van der Waals surface area contributed by atoms with Crippen molar-refractivity contribution in [2.24, 2.45) is 0 Å². The molecule has 0 fully saturated rings. The lowest BCUT2D eigenvalue weighted by Gasteiger charge is -2.02. The highest BCUT2D eigenvalue weighted by molar-refractivity contribution is 7.14. The van der Waals surface area contributed by atoms with Crippen LogP contribution in [0.5, 0.6) is 0 Å². The van der Waals surface area contributed by atoms with Crippen molar-refractivity contribution in [2.45, 2.75) is 26.7 Å². The van der Waals surface area contributed by atoms with Crippen molar-refractivity contribution in [2.75, 3.05) is 5.32 Å². The molecule has 2 heterocycles. The number of aryl methyl sites for hydroxylation is 2. The van der Waals surface area contributed by atoms with Gasteiger partial charge in [0.1, 0.15) is 0 Å². The van der Waals surface area contributed by atoms with E-state index in [9.17, 15) is 4.79 Å². The van der Waals surface area contributed by atoms with E-state index >= 15 is 0 Å². The van der Waals surface area contributed by atoms with Gasteiger partial charge in [0.25, 0.3) is 5.91 Å². The zero-order valence-corrected chi connectivity index (χ0v) is 14.6. The van der Waals surface area contributed by atoms with E-state index in [2.05, 4.69) is 46.5 Å². The molecule has 1 N–H and O–H groups in total. The minimum absolute atomic E-state index is 0.193. The summed E-state index contributed by atoms with van der Waals surface area (Å²) < 4.78 is 0. The molecule has 0 saturated carbocycles. The first-order valence-corrected chi connectivity index (χ1v) is 8.82. The Kier molecular flexibility index (Phi) is 5.01. The predicted molar refractivity (Wildman–Crippen MR) is 98.5 cm³/mol. The molecule has 3 rings (SSSR count). The number of carbonyl (C=O) groups excluding carboxylic acids is 1. The molecule has 0 aliphatic rings. The number of carbonyl (C=O) groups is 1. The zero-order chi connectivity index (χ0) is 16.9. The van der Waals surface area contributed by atoms with Crippen LogP contribution in [0.1, 0.15) is 35.0 Å². The summed E-state index contributed by atoms with van der Waals surface area (Å²) in [6.07, 6.45) is 3.80. The van der Waals surface area contributed by atoms with E-state index in [-0.39, 0.29) is 5.91 Å². The molecule has 0 unspecified atom stereocenters. The van der Waals surface area contributed by atoms with Crippen LogP contribution in [0.15, 0.2) is 48.0 Å². The van der Waals surface area contributed by atoms with Crippen LogP contribution in [0.25, 0.3) is 11.3 Å². The highest BCUT2D eigenvalue weighted by atomic mass is 32.1. The van der Waals surface area contributed by atoms with Gasteiger partial charge in [-0.05, 0) is 31.0 Å². The van der Waals surface area contributed by atoms with Gasteiger partial charge in [0, 0.05) is 22.8 Å². The van der Waals surface area contributed by atoms with Gasteiger partial charge < -0.3 is 0 Å². The summed E-state index contributed by atoms with van der Waals surface area (Å²) in [5.74, 6) is -0.193. The van der Waals surface area contributed by atoms with E-state index in [1.54, 1.807) is 12.3 Å². The second kappa shape index (κ2) is 7.36. The fourth-order valence-corrected chi connectivity index (χ4v) is 3.08. The molecule has 122 valence electrons. The maximum atomic E-state index is 12.2. The fourth-order valence-electron chi connectivity index (χ4n) is 2.37. The van der Waals surface area contributed by atoms with Crippen LogP contribution in [0.3, 0.4) is 0 Å². The van der Waals surface area contributed by atoms with Crippen LogP contribution in [0.2, 0.25) is 0 Å². The molecule has 0 radical (unpaired) electrons. The second-order valence-electron chi connectivity index (χ2n) is 5.63. The molecule has 0 saturated heterocycles. The Balaban J connectivity index is 1.71.